The number of fused-ring (bicyclic) bond motifs is 3. The predicted molar refractivity (Wildman–Crippen MR) is 140 cm³/mol. The van der Waals surface area contributed by atoms with Crippen molar-refractivity contribution in [2.24, 2.45) is 17.3 Å². The Labute approximate surface area is 227 Å². The molecule has 4 atom stereocenters. The largest absolute Gasteiger partial charge is 0.495 e. The molecule has 0 aromatic heterocycles. The van der Waals surface area contributed by atoms with E-state index >= 15 is 0 Å². The number of allylic oxidation sites excluding steroid dienone is 1. The van der Waals surface area contributed by atoms with Crippen LogP contribution in [0.25, 0.3) is 0 Å². The molecule has 2 aromatic carbocycles. The Morgan fingerprint density at radius 1 is 0.892 bits per heavy atom. The van der Waals surface area contributed by atoms with Gasteiger partial charge in [0.25, 0.3) is 0 Å². The SMILES string of the molecule is COc1cc([C@@H]2c3cc4c(cc3[C@H](OCC(C)(C)C)[C@H]3COC(=C(Cl)Cl)[C@@H]23)OCO4)cc(OC)c1OC. The van der Waals surface area contributed by atoms with Crippen LogP contribution in [-0.2, 0) is 9.47 Å². The van der Waals surface area contributed by atoms with Crippen LogP contribution in [0, 0.1) is 17.3 Å². The summed E-state index contributed by atoms with van der Waals surface area (Å²) in [5.41, 5.74) is 2.97. The molecule has 0 radical (unpaired) electrons. The van der Waals surface area contributed by atoms with Crippen LogP contribution in [0.15, 0.2) is 34.5 Å². The van der Waals surface area contributed by atoms with Gasteiger partial charge in [0.05, 0.1) is 40.6 Å². The average molecular weight is 551 g/mol. The fourth-order valence-corrected chi connectivity index (χ4v) is 5.93. The van der Waals surface area contributed by atoms with Gasteiger partial charge in [-0.25, -0.2) is 0 Å². The van der Waals surface area contributed by atoms with Crippen molar-refractivity contribution in [3.63, 3.8) is 0 Å². The molecule has 37 heavy (non-hydrogen) atoms. The highest BCUT2D eigenvalue weighted by Gasteiger charge is 2.52. The second-order valence-corrected chi connectivity index (χ2v) is 11.6. The monoisotopic (exact) mass is 550 g/mol. The summed E-state index contributed by atoms with van der Waals surface area (Å²) in [6.07, 6.45) is -0.253. The number of methoxy groups -OCH3 is 3. The predicted octanol–water partition coefficient (Wildman–Crippen LogP) is 6.60. The number of hydrogen-bond donors (Lipinski definition) is 0. The Balaban J connectivity index is 1.75. The summed E-state index contributed by atoms with van der Waals surface area (Å²) in [6, 6.07) is 8.00. The molecule has 1 aliphatic carbocycles. The molecule has 7 nitrogen and oxygen atoms in total. The summed E-state index contributed by atoms with van der Waals surface area (Å²) in [6.45, 7) is 7.62. The Morgan fingerprint density at radius 2 is 1.51 bits per heavy atom. The van der Waals surface area contributed by atoms with Gasteiger partial charge in [-0.2, -0.15) is 0 Å². The van der Waals surface area contributed by atoms with Crippen LogP contribution < -0.4 is 23.7 Å². The van der Waals surface area contributed by atoms with Gasteiger partial charge in [-0.05, 0) is 46.4 Å². The van der Waals surface area contributed by atoms with Gasteiger partial charge in [0.15, 0.2) is 23.0 Å². The van der Waals surface area contributed by atoms with Gasteiger partial charge in [0.1, 0.15) is 10.3 Å². The first kappa shape index (κ1) is 26.1. The third-order valence-corrected chi connectivity index (χ3v) is 7.46. The summed E-state index contributed by atoms with van der Waals surface area (Å²) in [5, 5.41) is 0. The maximum atomic E-state index is 6.63. The Bertz CT molecular complexity index is 1190. The Kier molecular flexibility index (Phi) is 7.07. The molecule has 5 rings (SSSR count). The second-order valence-electron chi connectivity index (χ2n) is 10.7. The van der Waals surface area contributed by atoms with E-state index in [2.05, 4.69) is 20.8 Å². The lowest BCUT2D eigenvalue weighted by Crippen LogP contribution is -2.35. The fourth-order valence-electron chi connectivity index (χ4n) is 5.57. The van der Waals surface area contributed by atoms with E-state index in [1.807, 2.05) is 24.3 Å². The van der Waals surface area contributed by atoms with E-state index in [-0.39, 0.29) is 40.6 Å². The van der Waals surface area contributed by atoms with E-state index in [0.29, 0.717) is 47.7 Å². The minimum absolute atomic E-state index is 0.0260. The third-order valence-electron chi connectivity index (χ3n) is 7.09. The molecule has 0 amide bonds. The van der Waals surface area contributed by atoms with Gasteiger partial charge < -0.3 is 33.2 Å². The van der Waals surface area contributed by atoms with Crippen molar-refractivity contribution in [3.05, 3.63) is 51.2 Å². The molecule has 2 aromatic rings. The van der Waals surface area contributed by atoms with Gasteiger partial charge in [0.2, 0.25) is 12.5 Å². The van der Waals surface area contributed by atoms with Crippen LogP contribution in [-0.4, -0.2) is 41.3 Å². The normalized spacial score (nSPS) is 23.7. The molecule has 0 N–H and O–H groups in total. The quantitative estimate of drug-likeness (QED) is 0.401. The van der Waals surface area contributed by atoms with Crippen molar-refractivity contribution in [1.29, 1.82) is 0 Å². The Morgan fingerprint density at radius 3 is 2.05 bits per heavy atom. The minimum Gasteiger partial charge on any atom is -0.495 e. The first-order valence-corrected chi connectivity index (χ1v) is 12.9. The van der Waals surface area contributed by atoms with E-state index in [1.54, 1.807) is 21.3 Å². The molecule has 3 aliphatic rings. The molecule has 1 saturated heterocycles. The highest BCUT2D eigenvalue weighted by atomic mass is 35.5. The molecule has 200 valence electrons. The average Bonchev–Trinajstić information content (AvgIpc) is 3.50. The molecule has 0 bridgehead atoms. The number of hydrogen-bond acceptors (Lipinski definition) is 7. The topological polar surface area (TPSA) is 64.6 Å². The van der Waals surface area contributed by atoms with Crippen LogP contribution in [0.2, 0.25) is 0 Å². The van der Waals surface area contributed by atoms with Crippen molar-refractivity contribution < 1.29 is 33.2 Å². The van der Waals surface area contributed by atoms with Crippen molar-refractivity contribution in [2.45, 2.75) is 32.8 Å². The van der Waals surface area contributed by atoms with E-state index in [4.69, 9.17) is 56.4 Å². The fraction of sp³-hybridized carbons (Fsp3) is 0.500. The number of ether oxygens (including phenoxy) is 7. The molecular weight excluding hydrogens is 519 g/mol. The highest BCUT2D eigenvalue weighted by molar-refractivity contribution is 6.56. The summed E-state index contributed by atoms with van der Waals surface area (Å²) in [7, 11) is 4.79. The van der Waals surface area contributed by atoms with Crippen molar-refractivity contribution in [1.82, 2.24) is 0 Å². The van der Waals surface area contributed by atoms with Gasteiger partial charge in [-0.3, -0.25) is 0 Å². The molecule has 0 saturated carbocycles. The van der Waals surface area contributed by atoms with Crippen LogP contribution >= 0.6 is 23.2 Å². The number of halogens is 2. The van der Waals surface area contributed by atoms with Gasteiger partial charge >= 0.3 is 0 Å². The Hall–Kier alpha value is -2.48. The molecule has 2 aliphatic heterocycles. The second kappa shape index (κ2) is 10.0. The lowest BCUT2D eigenvalue weighted by atomic mass is 9.65. The van der Waals surface area contributed by atoms with Crippen LogP contribution in [0.3, 0.4) is 0 Å². The van der Waals surface area contributed by atoms with Crippen LogP contribution in [0.4, 0.5) is 0 Å². The molecule has 0 spiro atoms. The zero-order chi connectivity index (χ0) is 26.5. The van der Waals surface area contributed by atoms with Crippen molar-refractivity contribution in [3.8, 4) is 28.7 Å². The molecule has 2 heterocycles. The summed E-state index contributed by atoms with van der Waals surface area (Å²) in [5.74, 6) is 3.15. The summed E-state index contributed by atoms with van der Waals surface area (Å²) < 4.78 is 41.4. The lowest BCUT2D eigenvalue weighted by Gasteiger charge is -2.41. The van der Waals surface area contributed by atoms with Crippen LogP contribution in [0.5, 0.6) is 28.7 Å². The molecular formula is C28H32Cl2O7. The van der Waals surface area contributed by atoms with E-state index < -0.39 is 0 Å². The van der Waals surface area contributed by atoms with Gasteiger partial charge in [0, 0.05) is 17.8 Å². The summed E-state index contributed by atoms with van der Waals surface area (Å²) in [4.78, 5) is 0. The summed E-state index contributed by atoms with van der Waals surface area (Å²) >= 11 is 12.8. The minimum atomic E-state index is -0.253. The molecule has 9 heteroatoms. The van der Waals surface area contributed by atoms with Crippen molar-refractivity contribution in [2.75, 3.05) is 41.3 Å². The standard InChI is InChI=1S/C28H32Cl2O7/c1-28(2,3)12-35-24-16-10-19-18(36-13-37-19)9-15(16)22(23-17(24)11-34-26(23)27(29)30)14-7-20(31-4)25(33-6)21(8-14)32-5/h7-10,17,22-24H,11-13H2,1-6H3/t17-,22+,23+,24-/m0/s1. The number of rotatable bonds is 6. The third kappa shape index (κ3) is 4.66. The van der Waals surface area contributed by atoms with Crippen molar-refractivity contribution >= 4 is 23.2 Å². The van der Waals surface area contributed by atoms with E-state index in [9.17, 15) is 0 Å². The number of benzene rings is 2. The lowest BCUT2D eigenvalue weighted by molar-refractivity contribution is -0.0412. The maximum absolute atomic E-state index is 6.63. The molecule has 1 fully saturated rings. The molecule has 0 unspecified atom stereocenters. The zero-order valence-electron chi connectivity index (χ0n) is 21.9. The van der Waals surface area contributed by atoms with Gasteiger partial charge in [-0.1, -0.05) is 44.0 Å². The van der Waals surface area contributed by atoms with E-state index in [1.165, 1.54) is 0 Å². The first-order chi connectivity index (χ1) is 17.7. The smallest absolute Gasteiger partial charge is 0.231 e. The maximum Gasteiger partial charge on any atom is 0.231 e. The highest BCUT2D eigenvalue weighted by Crippen LogP contribution is 2.59. The zero-order valence-corrected chi connectivity index (χ0v) is 23.4. The van der Waals surface area contributed by atoms with E-state index in [0.717, 1.165) is 16.7 Å². The first-order valence-electron chi connectivity index (χ1n) is 12.2. The van der Waals surface area contributed by atoms with Crippen LogP contribution in [0.1, 0.15) is 49.5 Å². The van der Waals surface area contributed by atoms with Gasteiger partial charge in [-0.15, -0.1) is 0 Å².